The van der Waals surface area contributed by atoms with Crippen molar-refractivity contribution in [3.8, 4) is 0 Å². The number of aromatic amines is 1. The summed E-state index contributed by atoms with van der Waals surface area (Å²) in [6.45, 7) is 10.6. The van der Waals surface area contributed by atoms with Gasteiger partial charge in [0.2, 0.25) is 0 Å². The predicted molar refractivity (Wildman–Crippen MR) is 151 cm³/mol. The second-order valence-corrected chi connectivity index (χ2v) is 14.8. The number of aliphatic hydroxyl groups is 1. The summed E-state index contributed by atoms with van der Waals surface area (Å²) in [5.41, 5.74) is -1.93. The van der Waals surface area contributed by atoms with Crippen LogP contribution in [0.1, 0.15) is 53.3 Å². The average molecular weight is 648 g/mol. The molecule has 0 spiro atoms. The van der Waals surface area contributed by atoms with E-state index in [-0.39, 0.29) is 23.0 Å². The van der Waals surface area contributed by atoms with Gasteiger partial charge >= 0.3 is 19.4 Å². The SMILES string of the molecule is Cc1cn([C@@H]2O[C@H](CO[P@](=O)(N[C@@H](C)C(=O)OC(C)C)OCCSC(=O)C(C)(C)C)[C@@H](O)C2(Cl)Cl)c(=O)[nH]c1=O. The normalized spacial score (nSPS) is 23.1. The molecule has 1 fully saturated rings. The molecule has 1 aromatic heterocycles. The molecular weight excluding hydrogens is 612 g/mol. The summed E-state index contributed by atoms with van der Waals surface area (Å²) in [5.74, 6) is -0.577. The third kappa shape index (κ3) is 9.14. The molecule has 17 heteroatoms. The lowest BCUT2D eigenvalue weighted by Gasteiger charge is -2.25. The fourth-order valence-electron chi connectivity index (χ4n) is 3.28. The molecule has 1 saturated heterocycles. The van der Waals surface area contributed by atoms with E-state index in [0.717, 1.165) is 16.3 Å². The number of hydrogen-bond donors (Lipinski definition) is 3. The minimum Gasteiger partial charge on any atom is -0.462 e. The van der Waals surface area contributed by atoms with Crippen molar-refractivity contribution in [2.75, 3.05) is 19.0 Å². The molecule has 0 amide bonds. The van der Waals surface area contributed by atoms with E-state index < -0.39 is 71.9 Å². The van der Waals surface area contributed by atoms with Crippen molar-refractivity contribution in [3.05, 3.63) is 32.6 Å². The molecule has 0 aromatic carbocycles. The lowest BCUT2D eigenvalue weighted by atomic mass is 10.00. The molecule has 3 N–H and O–H groups in total. The van der Waals surface area contributed by atoms with E-state index in [2.05, 4.69) is 10.1 Å². The molecule has 0 radical (unpaired) electrons. The number of nitrogens with one attached hydrogen (secondary N) is 2. The van der Waals surface area contributed by atoms with Crippen LogP contribution in [0.5, 0.6) is 0 Å². The topological polar surface area (TPSA) is 175 Å². The summed E-state index contributed by atoms with van der Waals surface area (Å²) in [6.07, 6.45) is -3.66. The molecule has 13 nitrogen and oxygen atoms in total. The molecule has 5 atom stereocenters. The van der Waals surface area contributed by atoms with Crippen molar-refractivity contribution in [1.82, 2.24) is 14.6 Å². The maximum atomic E-state index is 13.6. The molecule has 1 aliphatic rings. The Kier molecular flexibility index (Phi) is 12.1. The summed E-state index contributed by atoms with van der Waals surface area (Å²) in [5, 5.41) is 13.1. The monoisotopic (exact) mass is 647 g/mol. The predicted octanol–water partition coefficient (Wildman–Crippen LogP) is 2.65. The van der Waals surface area contributed by atoms with Crippen molar-refractivity contribution in [2.45, 2.75) is 83.4 Å². The number of ether oxygens (including phenoxy) is 2. The molecule has 1 aromatic rings. The summed E-state index contributed by atoms with van der Waals surface area (Å²) in [7, 11) is -4.28. The maximum absolute atomic E-state index is 13.6. The number of nitrogens with zero attached hydrogens (tertiary/aromatic N) is 1. The lowest BCUT2D eigenvalue weighted by Crippen LogP contribution is -2.42. The quantitative estimate of drug-likeness (QED) is 0.131. The Hall–Kier alpha value is -1.22. The smallest absolute Gasteiger partial charge is 0.406 e. The summed E-state index contributed by atoms with van der Waals surface area (Å²) in [6, 6.07) is -1.12. The third-order valence-corrected chi connectivity index (χ3v) is 9.21. The molecule has 0 bridgehead atoms. The van der Waals surface area contributed by atoms with E-state index in [0.29, 0.717) is 0 Å². The number of esters is 1. The minimum atomic E-state index is -4.28. The van der Waals surface area contributed by atoms with Gasteiger partial charge < -0.3 is 14.6 Å². The van der Waals surface area contributed by atoms with E-state index in [1.165, 1.54) is 20.0 Å². The Morgan fingerprint density at radius 3 is 2.48 bits per heavy atom. The molecule has 40 heavy (non-hydrogen) atoms. The van der Waals surface area contributed by atoms with Gasteiger partial charge in [0.05, 0.1) is 19.3 Å². The highest BCUT2D eigenvalue weighted by atomic mass is 35.5. The maximum Gasteiger partial charge on any atom is 0.406 e. The molecule has 228 valence electrons. The van der Waals surface area contributed by atoms with Crippen molar-refractivity contribution >= 4 is 53.8 Å². The molecule has 0 aliphatic carbocycles. The Morgan fingerprint density at radius 2 is 1.90 bits per heavy atom. The molecule has 0 unspecified atom stereocenters. The largest absolute Gasteiger partial charge is 0.462 e. The Bertz CT molecular complexity index is 1230. The number of aromatic nitrogens is 2. The van der Waals surface area contributed by atoms with Crippen LogP contribution in [0.25, 0.3) is 0 Å². The molecule has 1 aliphatic heterocycles. The van der Waals surface area contributed by atoms with Crippen LogP contribution >= 0.6 is 42.7 Å². The summed E-state index contributed by atoms with van der Waals surface area (Å²) in [4.78, 5) is 50.7. The van der Waals surface area contributed by atoms with E-state index in [1.807, 2.05) is 0 Å². The van der Waals surface area contributed by atoms with Crippen molar-refractivity contribution in [1.29, 1.82) is 0 Å². The van der Waals surface area contributed by atoms with Gasteiger partial charge in [-0.15, -0.1) is 0 Å². The standard InChI is InChI=1S/C23H36Cl2N3O10PS/c1-12(2)37-18(31)14(4)27-39(34,35-8-9-40-20(32)22(5,6)7)36-11-15-16(29)23(24,25)19(38-15)28-10-13(3)17(30)26-21(28)33/h10,12,14-16,19,29H,8-9,11H2,1-7H3,(H,27,34)(H,26,30,33)/t14-,15+,16+,19+,39-/m0/s1. The van der Waals surface area contributed by atoms with Crippen LogP contribution in [0.3, 0.4) is 0 Å². The second-order valence-electron chi connectivity index (χ2n) is 10.5. The molecule has 2 rings (SSSR count). The van der Waals surface area contributed by atoms with Gasteiger partial charge in [0.1, 0.15) is 18.2 Å². The zero-order valence-corrected chi connectivity index (χ0v) is 26.5. The van der Waals surface area contributed by atoms with E-state index in [4.69, 9.17) is 41.7 Å². The number of rotatable bonds is 12. The number of carbonyl (C=O) groups is 2. The first kappa shape index (κ1) is 35.0. The highest BCUT2D eigenvalue weighted by molar-refractivity contribution is 8.13. The van der Waals surface area contributed by atoms with Gasteiger partial charge in [-0.3, -0.25) is 33.0 Å². The van der Waals surface area contributed by atoms with Crippen molar-refractivity contribution in [3.63, 3.8) is 0 Å². The van der Waals surface area contributed by atoms with Crippen LogP contribution in [0.15, 0.2) is 15.8 Å². The van der Waals surface area contributed by atoms with Gasteiger partial charge in [-0.1, -0.05) is 55.7 Å². The summed E-state index contributed by atoms with van der Waals surface area (Å²) >= 11 is 13.7. The van der Waals surface area contributed by atoms with Crippen LogP contribution < -0.4 is 16.3 Å². The fourth-order valence-corrected chi connectivity index (χ4v) is 6.26. The highest BCUT2D eigenvalue weighted by Gasteiger charge is 2.56. The van der Waals surface area contributed by atoms with Gasteiger partial charge in [-0.2, -0.15) is 0 Å². The van der Waals surface area contributed by atoms with Crippen LogP contribution in [0.4, 0.5) is 0 Å². The number of thioether (sulfide) groups is 1. The van der Waals surface area contributed by atoms with Crippen molar-refractivity contribution < 1.29 is 37.8 Å². The van der Waals surface area contributed by atoms with Gasteiger partial charge in [-0.05, 0) is 27.7 Å². The average Bonchev–Trinajstić information content (AvgIpc) is 3.05. The molecular formula is C23H36Cl2N3O10PS. The van der Waals surface area contributed by atoms with Gasteiger partial charge in [0.15, 0.2) is 15.7 Å². The number of H-pyrrole nitrogens is 1. The second kappa shape index (κ2) is 13.8. The Labute approximate surface area is 246 Å². The zero-order valence-electron chi connectivity index (χ0n) is 23.3. The van der Waals surface area contributed by atoms with Crippen molar-refractivity contribution in [2.24, 2.45) is 5.41 Å². The third-order valence-electron chi connectivity index (χ3n) is 5.43. The first-order chi connectivity index (χ1) is 18.3. The number of hydrogen-bond acceptors (Lipinski definition) is 11. The van der Waals surface area contributed by atoms with Crippen LogP contribution in [-0.4, -0.2) is 73.4 Å². The number of aryl methyl sites for hydroxylation is 1. The number of alkyl halides is 2. The van der Waals surface area contributed by atoms with Crippen LogP contribution in [-0.2, 0) is 32.7 Å². The summed E-state index contributed by atoms with van der Waals surface area (Å²) < 4.78 is 34.3. The Balaban J connectivity index is 2.19. The fraction of sp³-hybridized carbons (Fsp3) is 0.739. The van der Waals surface area contributed by atoms with Crippen LogP contribution in [0.2, 0.25) is 0 Å². The number of carbonyl (C=O) groups excluding carboxylic acids is 2. The number of halogens is 2. The first-order valence-electron chi connectivity index (χ1n) is 12.4. The molecule has 0 saturated carbocycles. The van der Waals surface area contributed by atoms with Crippen LogP contribution in [0, 0.1) is 12.3 Å². The zero-order chi connectivity index (χ0) is 30.6. The minimum absolute atomic E-state index is 0.101. The molecule has 2 heterocycles. The van der Waals surface area contributed by atoms with E-state index >= 15 is 0 Å². The van der Waals surface area contributed by atoms with Gasteiger partial charge in [0.25, 0.3) is 5.56 Å². The highest BCUT2D eigenvalue weighted by Crippen LogP contribution is 2.49. The van der Waals surface area contributed by atoms with Gasteiger partial charge in [-0.25, -0.2) is 14.4 Å². The lowest BCUT2D eigenvalue weighted by molar-refractivity contribution is -0.149. The Morgan fingerprint density at radius 1 is 1.27 bits per heavy atom. The first-order valence-corrected chi connectivity index (χ1v) is 15.6. The van der Waals surface area contributed by atoms with Gasteiger partial charge in [0, 0.05) is 22.9 Å². The van der Waals surface area contributed by atoms with E-state index in [1.54, 1.807) is 34.6 Å². The van der Waals surface area contributed by atoms with E-state index in [9.17, 15) is 28.8 Å². The number of aliphatic hydroxyl groups excluding tert-OH is 1.